The van der Waals surface area contributed by atoms with Crippen molar-refractivity contribution in [2.45, 2.75) is 33.1 Å². The number of carbonyl (C=O) groups is 4. The van der Waals surface area contributed by atoms with Gasteiger partial charge in [0.25, 0.3) is 11.8 Å². The number of rotatable bonds is 6. The van der Waals surface area contributed by atoms with Crippen LogP contribution in [-0.4, -0.2) is 71.1 Å². The molecule has 156 valence electrons. The Balaban J connectivity index is 1.52. The van der Waals surface area contributed by atoms with E-state index in [9.17, 15) is 19.2 Å². The molecule has 0 unspecified atom stereocenters. The van der Waals surface area contributed by atoms with E-state index >= 15 is 0 Å². The fourth-order valence-electron chi connectivity index (χ4n) is 4.00. The predicted molar refractivity (Wildman–Crippen MR) is 111 cm³/mol. The largest absolute Gasteiger partial charge is 0.343 e. The van der Waals surface area contributed by atoms with E-state index < -0.39 is 0 Å². The Morgan fingerprint density at radius 3 is 2.31 bits per heavy atom. The number of halogens is 1. The average molecular weight is 464 g/mol. The quantitative estimate of drug-likeness (QED) is 0.607. The Morgan fingerprint density at radius 2 is 1.69 bits per heavy atom. The highest BCUT2D eigenvalue weighted by Gasteiger charge is 2.36. The fourth-order valence-corrected chi connectivity index (χ4v) is 4.36. The van der Waals surface area contributed by atoms with Crippen molar-refractivity contribution in [2.75, 3.05) is 32.7 Å². The number of amides is 4. The van der Waals surface area contributed by atoms with Crippen molar-refractivity contribution in [2.24, 2.45) is 5.92 Å². The summed E-state index contributed by atoms with van der Waals surface area (Å²) in [4.78, 5) is 54.8. The molecule has 4 amide bonds. The maximum absolute atomic E-state index is 12.6. The van der Waals surface area contributed by atoms with Crippen LogP contribution in [0.2, 0.25) is 0 Å². The van der Waals surface area contributed by atoms with Gasteiger partial charge in [0.2, 0.25) is 11.8 Å². The molecule has 1 aromatic rings. The van der Waals surface area contributed by atoms with Gasteiger partial charge in [0.15, 0.2) is 0 Å². The molecule has 2 aliphatic rings. The lowest BCUT2D eigenvalue weighted by molar-refractivity contribution is -0.140. The summed E-state index contributed by atoms with van der Waals surface area (Å²) in [6.45, 7) is 6.48. The van der Waals surface area contributed by atoms with Gasteiger partial charge in [-0.3, -0.25) is 24.1 Å². The number of hydrogen-bond donors (Lipinski definition) is 0. The van der Waals surface area contributed by atoms with E-state index in [1.54, 1.807) is 23.1 Å². The second-order valence-corrected chi connectivity index (χ2v) is 8.28. The monoisotopic (exact) mass is 463 g/mol. The van der Waals surface area contributed by atoms with Crippen LogP contribution in [0.5, 0.6) is 0 Å². The second-order valence-electron chi connectivity index (χ2n) is 7.37. The molecule has 0 bridgehead atoms. The molecule has 0 spiro atoms. The van der Waals surface area contributed by atoms with Gasteiger partial charge in [-0.1, -0.05) is 15.9 Å². The van der Waals surface area contributed by atoms with E-state index in [2.05, 4.69) is 15.9 Å². The Morgan fingerprint density at radius 1 is 1.07 bits per heavy atom. The molecule has 3 rings (SSSR count). The molecule has 2 heterocycles. The summed E-state index contributed by atoms with van der Waals surface area (Å²) in [6.07, 6.45) is 1.41. The summed E-state index contributed by atoms with van der Waals surface area (Å²) in [5, 5.41) is 0. The second kappa shape index (κ2) is 9.07. The van der Waals surface area contributed by atoms with Crippen molar-refractivity contribution in [3.8, 4) is 0 Å². The zero-order valence-electron chi connectivity index (χ0n) is 16.8. The Labute approximate surface area is 179 Å². The van der Waals surface area contributed by atoms with Gasteiger partial charge in [0, 0.05) is 49.5 Å². The lowest BCUT2D eigenvalue weighted by Crippen LogP contribution is -2.45. The molecule has 2 aliphatic heterocycles. The van der Waals surface area contributed by atoms with Gasteiger partial charge in [-0.25, -0.2) is 0 Å². The topological polar surface area (TPSA) is 78.0 Å². The minimum absolute atomic E-state index is 0.0337. The molecule has 0 aromatic heterocycles. The number of carbonyl (C=O) groups excluding carboxylic acids is 4. The van der Waals surface area contributed by atoms with Gasteiger partial charge in [-0.15, -0.1) is 0 Å². The molecule has 0 N–H and O–H groups in total. The highest BCUT2D eigenvalue weighted by Crippen LogP contribution is 2.26. The Hall–Kier alpha value is -2.22. The lowest BCUT2D eigenvalue weighted by Gasteiger charge is -2.34. The third-order valence-electron chi connectivity index (χ3n) is 5.75. The van der Waals surface area contributed by atoms with Crippen molar-refractivity contribution in [3.05, 3.63) is 33.8 Å². The number of fused-ring (bicyclic) bond motifs is 1. The van der Waals surface area contributed by atoms with Gasteiger partial charge in [-0.05, 0) is 44.9 Å². The summed E-state index contributed by atoms with van der Waals surface area (Å²) in [5.74, 6) is -0.666. The zero-order valence-corrected chi connectivity index (χ0v) is 18.4. The van der Waals surface area contributed by atoms with Crippen LogP contribution in [0.4, 0.5) is 0 Å². The van der Waals surface area contributed by atoms with Gasteiger partial charge >= 0.3 is 0 Å². The van der Waals surface area contributed by atoms with Crippen molar-refractivity contribution in [1.82, 2.24) is 14.7 Å². The minimum atomic E-state index is -0.359. The molecule has 0 atom stereocenters. The first kappa shape index (κ1) is 21.5. The number of nitrogens with zero attached hydrogens (tertiary/aromatic N) is 3. The summed E-state index contributed by atoms with van der Waals surface area (Å²) in [5.41, 5.74) is 0.744. The minimum Gasteiger partial charge on any atom is -0.343 e. The van der Waals surface area contributed by atoms with Crippen molar-refractivity contribution < 1.29 is 19.2 Å². The maximum Gasteiger partial charge on any atom is 0.261 e. The maximum atomic E-state index is 12.6. The molecule has 7 nitrogen and oxygen atoms in total. The van der Waals surface area contributed by atoms with E-state index in [-0.39, 0.29) is 42.5 Å². The van der Waals surface area contributed by atoms with Crippen molar-refractivity contribution in [1.29, 1.82) is 0 Å². The smallest absolute Gasteiger partial charge is 0.261 e. The third-order valence-corrected chi connectivity index (χ3v) is 6.25. The molecule has 1 aromatic carbocycles. The Bertz CT molecular complexity index is 829. The van der Waals surface area contributed by atoms with Gasteiger partial charge < -0.3 is 9.80 Å². The normalized spacial score (nSPS) is 16.9. The summed E-state index contributed by atoms with van der Waals surface area (Å²) < 4.78 is 0.734. The highest BCUT2D eigenvalue weighted by molar-refractivity contribution is 9.10. The third kappa shape index (κ3) is 4.37. The molecule has 0 saturated carbocycles. The lowest BCUT2D eigenvalue weighted by atomic mass is 9.95. The molecule has 1 saturated heterocycles. The van der Waals surface area contributed by atoms with E-state index in [1.165, 1.54) is 0 Å². The summed E-state index contributed by atoms with van der Waals surface area (Å²) in [6, 6.07) is 4.98. The standard InChI is InChI=1S/C21H26BrN3O4/c1-3-23(4-2)19(27)14-7-10-24(11-8-14)18(26)9-12-25-20(28)16-6-5-15(22)13-17(16)21(25)29/h5-6,13-14H,3-4,7-12H2,1-2H3. The SMILES string of the molecule is CCN(CC)C(=O)C1CCN(C(=O)CCN2C(=O)c3ccc(Br)cc3C2=O)CC1. The van der Waals surface area contributed by atoms with Gasteiger partial charge in [0.1, 0.15) is 0 Å². The Kier molecular flexibility index (Phi) is 6.72. The highest BCUT2D eigenvalue weighted by atomic mass is 79.9. The number of benzene rings is 1. The molecule has 8 heteroatoms. The molecule has 1 fully saturated rings. The average Bonchev–Trinajstić information content (AvgIpc) is 2.96. The predicted octanol–water partition coefficient (Wildman–Crippen LogP) is 2.54. The molecule has 29 heavy (non-hydrogen) atoms. The first-order chi connectivity index (χ1) is 13.9. The van der Waals surface area contributed by atoms with Crippen LogP contribution in [0.25, 0.3) is 0 Å². The van der Waals surface area contributed by atoms with E-state index in [0.29, 0.717) is 50.1 Å². The summed E-state index contributed by atoms with van der Waals surface area (Å²) in [7, 11) is 0. The first-order valence-electron chi connectivity index (χ1n) is 10.1. The van der Waals surface area contributed by atoms with Crippen LogP contribution < -0.4 is 0 Å². The van der Waals surface area contributed by atoms with E-state index in [0.717, 1.165) is 9.37 Å². The number of likely N-dealkylation sites (tertiary alicyclic amines) is 1. The van der Waals surface area contributed by atoms with Crippen LogP contribution in [0.15, 0.2) is 22.7 Å². The first-order valence-corrected chi connectivity index (χ1v) is 10.9. The molecular formula is C21H26BrN3O4. The number of piperidine rings is 1. The van der Waals surface area contributed by atoms with Crippen molar-refractivity contribution in [3.63, 3.8) is 0 Å². The van der Waals surface area contributed by atoms with Crippen LogP contribution >= 0.6 is 15.9 Å². The van der Waals surface area contributed by atoms with Crippen LogP contribution in [0.1, 0.15) is 53.8 Å². The van der Waals surface area contributed by atoms with Crippen LogP contribution in [0.3, 0.4) is 0 Å². The van der Waals surface area contributed by atoms with E-state index in [1.807, 2.05) is 18.7 Å². The van der Waals surface area contributed by atoms with Crippen LogP contribution in [0, 0.1) is 5.92 Å². The van der Waals surface area contributed by atoms with Crippen LogP contribution in [-0.2, 0) is 9.59 Å². The number of hydrogen-bond acceptors (Lipinski definition) is 4. The number of imide groups is 1. The van der Waals surface area contributed by atoms with Gasteiger partial charge in [-0.2, -0.15) is 0 Å². The van der Waals surface area contributed by atoms with Gasteiger partial charge in [0.05, 0.1) is 11.1 Å². The van der Waals surface area contributed by atoms with E-state index in [4.69, 9.17) is 0 Å². The zero-order chi connectivity index (χ0) is 21.1. The van der Waals surface area contributed by atoms with Crippen molar-refractivity contribution >= 4 is 39.6 Å². The molecule has 0 radical (unpaired) electrons. The fraction of sp³-hybridized carbons (Fsp3) is 0.524. The molecule has 0 aliphatic carbocycles. The molecular weight excluding hydrogens is 438 g/mol. The summed E-state index contributed by atoms with van der Waals surface area (Å²) >= 11 is 3.31.